The first kappa shape index (κ1) is 14.5. The summed E-state index contributed by atoms with van der Waals surface area (Å²) in [6.07, 6.45) is 0. The van der Waals surface area contributed by atoms with Crippen LogP contribution in [-0.4, -0.2) is 5.84 Å². The van der Waals surface area contributed by atoms with E-state index in [0.717, 1.165) is 26.3 Å². The molecule has 5 heteroatoms. The summed E-state index contributed by atoms with van der Waals surface area (Å²) in [6.45, 7) is 2.12. The van der Waals surface area contributed by atoms with Gasteiger partial charge in [0.2, 0.25) is 0 Å². The minimum absolute atomic E-state index is 0.0745. The first-order chi connectivity index (χ1) is 10.5. The minimum atomic E-state index is -0.208. The molecule has 2 aromatic carbocycles. The van der Waals surface area contributed by atoms with Crippen molar-refractivity contribution < 1.29 is 9.13 Å². The van der Waals surface area contributed by atoms with Gasteiger partial charge in [-0.25, -0.2) is 4.39 Å². The van der Waals surface area contributed by atoms with Gasteiger partial charge in [0, 0.05) is 4.70 Å². The van der Waals surface area contributed by atoms with E-state index >= 15 is 0 Å². The van der Waals surface area contributed by atoms with Crippen LogP contribution in [0.3, 0.4) is 0 Å². The van der Waals surface area contributed by atoms with Crippen LogP contribution in [0.1, 0.15) is 16.0 Å². The lowest BCUT2D eigenvalue weighted by atomic mass is 10.1. The number of nitrogens with two attached hydrogens (primary N) is 1. The topological polar surface area (TPSA) is 59.1 Å². The van der Waals surface area contributed by atoms with Crippen LogP contribution in [0.15, 0.2) is 42.5 Å². The lowest BCUT2D eigenvalue weighted by Gasteiger charge is -2.07. The number of amidine groups is 1. The number of thiophene rings is 1. The first-order valence-corrected chi connectivity index (χ1v) is 7.60. The van der Waals surface area contributed by atoms with E-state index in [-0.39, 0.29) is 11.7 Å². The SMILES string of the molecule is Cc1cc(COc2ccc3cc(C(=N)N)sc3c2)ccc1F. The predicted molar refractivity (Wildman–Crippen MR) is 88.3 cm³/mol. The molecule has 1 heterocycles. The number of hydrogen-bond acceptors (Lipinski definition) is 3. The second kappa shape index (κ2) is 5.77. The zero-order valence-corrected chi connectivity index (χ0v) is 12.8. The molecule has 3 rings (SSSR count). The third-order valence-electron chi connectivity index (χ3n) is 3.38. The van der Waals surface area contributed by atoms with Crippen LogP contribution >= 0.6 is 11.3 Å². The van der Waals surface area contributed by atoms with E-state index in [0.29, 0.717) is 12.2 Å². The molecule has 0 aliphatic heterocycles. The van der Waals surface area contributed by atoms with Crippen molar-refractivity contribution in [1.29, 1.82) is 5.41 Å². The van der Waals surface area contributed by atoms with Crippen molar-refractivity contribution in [1.82, 2.24) is 0 Å². The zero-order chi connectivity index (χ0) is 15.7. The molecule has 0 unspecified atom stereocenters. The van der Waals surface area contributed by atoms with Gasteiger partial charge >= 0.3 is 0 Å². The number of hydrogen-bond donors (Lipinski definition) is 2. The van der Waals surface area contributed by atoms with Gasteiger partial charge in [0.15, 0.2) is 0 Å². The third-order valence-corrected chi connectivity index (χ3v) is 4.52. The Kier molecular flexibility index (Phi) is 3.81. The standard InChI is InChI=1S/C17H15FN2OS/c1-10-6-11(2-5-14(10)18)9-21-13-4-3-12-7-16(17(19)20)22-15(12)8-13/h2-8H,9H2,1H3,(H3,19,20). The fourth-order valence-electron chi connectivity index (χ4n) is 2.20. The lowest BCUT2D eigenvalue weighted by molar-refractivity contribution is 0.306. The number of rotatable bonds is 4. The molecule has 0 bridgehead atoms. The van der Waals surface area contributed by atoms with E-state index in [1.54, 1.807) is 19.1 Å². The van der Waals surface area contributed by atoms with E-state index in [2.05, 4.69) is 0 Å². The lowest BCUT2D eigenvalue weighted by Crippen LogP contribution is -2.08. The van der Waals surface area contributed by atoms with Crippen LogP contribution in [0.25, 0.3) is 10.1 Å². The van der Waals surface area contributed by atoms with Crippen molar-refractivity contribution in [3.8, 4) is 5.75 Å². The number of halogens is 1. The Labute approximate surface area is 131 Å². The molecule has 0 radical (unpaired) electrons. The highest BCUT2D eigenvalue weighted by atomic mass is 32.1. The van der Waals surface area contributed by atoms with Gasteiger partial charge in [0.1, 0.15) is 24.0 Å². The van der Waals surface area contributed by atoms with E-state index in [4.69, 9.17) is 15.9 Å². The predicted octanol–water partition coefficient (Wildman–Crippen LogP) is 4.21. The van der Waals surface area contributed by atoms with Crippen LogP contribution in [0.5, 0.6) is 5.75 Å². The molecule has 1 aromatic heterocycles. The van der Waals surface area contributed by atoms with Gasteiger partial charge in [-0.3, -0.25) is 5.41 Å². The van der Waals surface area contributed by atoms with Gasteiger partial charge in [0.05, 0.1) is 4.88 Å². The van der Waals surface area contributed by atoms with Crippen LogP contribution in [-0.2, 0) is 6.61 Å². The maximum absolute atomic E-state index is 13.2. The maximum atomic E-state index is 13.2. The molecular formula is C17H15FN2OS. The summed E-state index contributed by atoms with van der Waals surface area (Å²) in [7, 11) is 0. The van der Waals surface area contributed by atoms with Crippen molar-refractivity contribution in [2.75, 3.05) is 0 Å². The van der Waals surface area contributed by atoms with Crippen molar-refractivity contribution in [2.45, 2.75) is 13.5 Å². The Morgan fingerprint density at radius 2 is 2.05 bits per heavy atom. The van der Waals surface area contributed by atoms with Gasteiger partial charge in [-0.15, -0.1) is 11.3 Å². The number of ether oxygens (including phenoxy) is 1. The highest BCUT2D eigenvalue weighted by molar-refractivity contribution is 7.20. The molecule has 0 saturated heterocycles. The molecule has 3 nitrogen and oxygen atoms in total. The van der Waals surface area contributed by atoms with Gasteiger partial charge < -0.3 is 10.5 Å². The van der Waals surface area contributed by atoms with E-state index in [9.17, 15) is 4.39 Å². The molecule has 0 spiro atoms. The molecule has 3 N–H and O–H groups in total. The fourth-order valence-corrected chi connectivity index (χ4v) is 3.15. The summed E-state index contributed by atoms with van der Waals surface area (Å²) >= 11 is 1.47. The Balaban J connectivity index is 1.78. The van der Waals surface area contributed by atoms with Crippen LogP contribution < -0.4 is 10.5 Å². The maximum Gasteiger partial charge on any atom is 0.133 e. The van der Waals surface area contributed by atoms with Gasteiger partial charge in [-0.1, -0.05) is 6.07 Å². The molecule has 22 heavy (non-hydrogen) atoms. The average molecular weight is 314 g/mol. The highest BCUT2D eigenvalue weighted by Crippen LogP contribution is 2.29. The molecular weight excluding hydrogens is 299 g/mol. The van der Waals surface area contributed by atoms with Gasteiger partial charge in [-0.05, 0) is 59.8 Å². The van der Waals surface area contributed by atoms with E-state index in [1.807, 2.05) is 24.3 Å². The quantitative estimate of drug-likeness (QED) is 0.560. The van der Waals surface area contributed by atoms with E-state index < -0.39 is 0 Å². The fraction of sp³-hybridized carbons (Fsp3) is 0.118. The van der Waals surface area contributed by atoms with Crippen LogP contribution in [0.4, 0.5) is 4.39 Å². The second-order valence-corrected chi connectivity index (χ2v) is 6.18. The van der Waals surface area contributed by atoms with E-state index in [1.165, 1.54) is 17.4 Å². The Morgan fingerprint density at radius 3 is 2.77 bits per heavy atom. The van der Waals surface area contributed by atoms with Crippen LogP contribution in [0.2, 0.25) is 0 Å². The number of nitrogen functional groups attached to an aromatic ring is 1. The summed E-state index contributed by atoms with van der Waals surface area (Å²) in [5.74, 6) is 0.609. The third kappa shape index (κ3) is 2.94. The molecule has 0 aliphatic carbocycles. The Hall–Kier alpha value is -2.40. The Morgan fingerprint density at radius 1 is 1.23 bits per heavy atom. The summed E-state index contributed by atoms with van der Waals surface area (Å²) in [4.78, 5) is 0.751. The molecule has 0 saturated carbocycles. The zero-order valence-electron chi connectivity index (χ0n) is 12.0. The molecule has 0 atom stereocenters. The normalized spacial score (nSPS) is 10.8. The average Bonchev–Trinajstić information content (AvgIpc) is 2.92. The van der Waals surface area contributed by atoms with Gasteiger partial charge in [-0.2, -0.15) is 0 Å². The molecule has 0 amide bonds. The smallest absolute Gasteiger partial charge is 0.133 e. The second-order valence-electron chi connectivity index (χ2n) is 5.10. The van der Waals surface area contributed by atoms with Crippen molar-refractivity contribution >= 4 is 27.3 Å². The monoisotopic (exact) mass is 314 g/mol. The molecule has 3 aromatic rings. The first-order valence-electron chi connectivity index (χ1n) is 6.79. The number of aryl methyl sites for hydroxylation is 1. The molecule has 0 aliphatic rings. The minimum Gasteiger partial charge on any atom is -0.489 e. The van der Waals surface area contributed by atoms with Crippen molar-refractivity contribution in [3.05, 3.63) is 64.3 Å². The molecule has 0 fully saturated rings. The van der Waals surface area contributed by atoms with Crippen molar-refractivity contribution in [2.24, 2.45) is 5.73 Å². The highest BCUT2D eigenvalue weighted by Gasteiger charge is 2.06. The summed E-state index contributed by atoms with van der Waals surface area (Å²) in [5.41, 5.74) is 7.05. The summed E-state index contributed by atoms with van der Waals surface area (Å²) in [6, 6.07) is 12.6. The van der Waals surface area contributed by atoms with Crippen molar-refractivity contribution in [3.63, 3.8) is 0 Å². The summed E-state index contributed by atoms with van der Waals surface area (Å²) in [5, 5.41) is 8.52. The Bertz CT molecular complexity index is 857. The van der Waals surface area contributed by atoms with Gasteiger partial charge in [0.25, 0.3) is 0 Å². The summed E-state index contributed by atoms with van der Waals surface area (Å²) < 4.78 is 20.0. The van der Waals surface area contributed by atoms with Crippen LogP contribution in [0, 0.1) is 18.2 Å². The largest absolute Gasteiger partial charge is 0.489 e. The number of benzene rings is 2. The number of nitrogens with one attached hydrogen (secondary N) is 1. The molecule has 112 valence electrons. The number of fused-ring (bicyclic) bond motifs is 1.